The Morgan fingerprint density at radius 1 is 1.18 bits per heavy atom. The summed E-state index contributed by atoms with van der Waals surface area (Å²) in [5.74, 6) is -0.00985. The maximum absolute atomic E-state index is 11.8. The second kappa shape index (κ2) is 6.85. The van der Waals surface area contributed by atoms with Crippen LogP contribution in [0.4, 0.5) is 0 Å². The van der Waals surface area contributed by atoms with Gasteiger partial charge in [-0.05, 0) is 23.9 Å². The van der Waals surface area contributed by atoms with E-state index in [0.717, 1.165) is 22.0 Å². The first-order chi connectivity index (χ1) is 10.7. The van der Waals surface area contributed by atoms with E-state index in [2.05, 4.69) is 34.7 Å². The lowest BCUT2D eigenvalue weighted by molar-refractivity contribution is 0.0958. The SMILES string of the molecule is Cc1ccccc1-c1nc(CCNC(=O)c2cccs2)cs1. The standard InChI is InChI=1S/C17H16N2OS2/c1-12-5-2-3-6-14(12)17-19-13(11-22-17)8-9-18-16(20)15-7-4-10-21-15/h2-7,10-11H,8-9H2,1H3,(H,18,20). The molecule has 2 heterocycles. The highest BCUT2D eigenvalue weighted by molar-refractivity contribution is 7.13. The Morgan fingerprint density at radius 3 is 2.82 bits per heavy atom. The van der Waals surface area contributed by atoms with E-state index in [9.17, 15) is 4.79 Å². The van der Waals surface area contributed by atoms with Crippen molar-refractivity contribution in [2.45, 2.75) is 13.3 Å². The van der Waals surface area contributed by atoms with Crippen molar-refractivity contribution >= 4 is 28.6 Å². The van der Waals surface area contributed by atoms with Gasteiger partial charge in [-0.15, -0.1) is 22.7 Å². The quantitative estimate of drug-likeness (QED) is 0.764. The normalized spacial score (nSPS) is 10.6. The number of rotatable bonds is 5. The van der Waals surface area contributed by atoms with Gasteiger partial charge in [0.05, 0.1) is 10.6 Å². The summed E-state index contributed by atoms with van der Waals surface area (Å²) in [6.45, 7) is 2.70. The van der Waals surface area contributed by atoms with E-state index in [1.54, 1.807) is 11.3 Å². The van der Waals surface area contributed by atoms with Gasteiger partial charge in [-0.3, -0.25) is 4.79 Å². The molecule has 3 nitrogen and oxygen atoms in total. The third-order valence-corrected chi connectivity index (χ3v) is 5.13. The first-order valence-corrected chi connectivity index (χ1v) is 8.82. The molecule has 0 bridgehead atoms. The Morgan fingerprint density at radius 2 is 2.05 bits per heavy atom. The van der Waals surface area contributed by atoms with Crippen molar-refractivity contribution in [3.8, 4) is 10.6 Å². The summed E-state index contributed by atoms with van der Waals surface area (Å²) in [6.07, 6.45) is 0.750. The first-order valence-electron chi connectivity index (χ1n) is 7.06. The predicted molar refractivity (Wildman–Crippen MR) is 92.6 cm³/mol. The van der Waals surface area contributed by atoms with Gasteiger partial charge in [-0.25, -0.2) is 4.98 Å². The van der Waals surface area contributed by atoms with E-state index in [0.29, 0.717) is 6.54 Å². The van der Waals surface area contributed by atoms with E-state index in [1.807, 2.05) is 29.6 Å². The van der Waals surface area contributed by atoms with Crippen molar-refractivity contribution in [3.63, 3.8) is 0 Å². The highest BCUT2D eigenvalue weighted by Gasteiger charge is 2.08. The molecule has 22 heavy (non-hydrogen) atoms. The fourth-order valence-electron chi connectivity index (χ4n) is 2.16. The predicted octanol–water partition coefficient (Wildman–Crippen LogP) is 4.15. The van der Waals surface area contributed by atoms with Gasteiger partial charge in [-0.2, -0.15) is 0 Å². The Hall–Kier alpha value is -1.98. The smallest absolute Gasteiger partial charge is 0.261 e. The largest absolute Gasteiger partial charge is 0.351 e. The number of amides is 1. The van der Waals surface area contributed by atoms with Crippen molar-refractivity contribution in [1.29, 1.82) is 0 Å². The highest BCUT2D eigenvalue weighted by atomic mass is 32.1. The second-order valence-electron chi connectivity index (χ2n) is 4.94. The first kappa shape index (κ1) is 14.9. The van der Waals surface area contributed by atoms with E-state index < -0.39 is 0 Å². The molecule has 0 aliphatic carbocycles. The van der Waals surface area contributed by atoms with Crippen molar-refractivity contribution in [2.24, 2.45) is 0 Å². The van der Waals surface area contributed by atoms with Gasteiger partial charge < -0.3 is 5.32 Å². The van der Waals surface area contributed by atoms with Gasteiger partial charge in [0.25, 0.3) is 5.91 Å². The second-order valence-corrected chi connectivity index (χ2v) is 6.75. The average Bonchev–Trinajstić information content (AvgIpc) is 3.19. The lowest BCUT2D eigenvalue weighted by Crippen LogP contribution is -2.24. The van der Waals surface area contributed by atoms with Crippen molar-refractivity contribution < 1.29 is 4.79 Å². The number of nitrogens with zero attached hydrogens (tertiary/aromatic N) is 1. The molecule has 0 aliphatic rings. The van der Waals surface area contributed by atoms with Crippen LogP contribution in [0, 0.1) is 6.92 Å². The number of thiophene rings is 1. The third-order valence-electron chi connectivity index (χ3n) is 3.34. The number of aryl methyl sites for hydroxylation is 1. The monoisotopic (exact) mass is 328 g/mol. The topological polar surface area (TPSA) is 42.0 Å². The van der Waals surface area contributed by atoms with E-state index in [1.165, 1.54) is 22.5 Å². The molecule has 0 saturated heterocycles. The summed E-state index contributed by atoms with van der Waals surface area (Å²) < 4.78 is 0. The molecule has 0 atom stereocenters. The van der Waals surface area contributed by atoms with Crippen LogP contribution in [-0.2, 0) is 6.42 Å². The molecule has 3 rings (SSSR count). The number of aromatic nitrogens is 1. The van der Waals surface area contributed by atoms with Crippen LogP contribution in [-0.4, -0.2) is 17.4 Å². The molecule has 3 aromatic rings. The minimum atomic E-state index is -0.00985. The number of benzene rings is 1. The van der Waals surface area contributed by atoms with E-state index in [4.69, 9.17) is 0 Å². The van der Waals surface area contributed by atoms with Crippen LogP contribution >= 0.6 is 22.7 Å². The van der Waals surface area contributed by atoms with Gasteiger partial charge in [0.1, 0.15) is 5.01 Å². The third kappa shape index (κ3) is 3.43. The molecular weight excluding hydrogens is 312 g/mol. The van der Waals surface area contributed by atoms with Gasteiger partial charge in [-0.1, -0.05) is 30.3 Å². The van der Waals surface area contributed by atoms with Crippen LogP contribution in [0.15, 0.2) is 47.2 Å². The minimum absolute atomic E-state index is 0.00985. The Balaban J connectivity index is 1.58. The fourth-order valence-corrected chi connectivity index (χ4v) is 3.74. The maximum Gasteiger partial charge on any atom is 0.261 e. The van der Waals surface area contributed by atoms with Crippen LogP contribution in [0.5, 0.6) is 0 Å². The van der Waals surface area contributed by atoms with Crippen LogP contribution in [0.2, 0.25) is 0 Å². The van der Waals surface area contributed by atoms with Gasteiger partial charge in [0.2, 0.25) is 0 Å². The van der Waals surface area contributed by atoms with E-state index >= 15 is 0 Å². The van der Waals surface area contributed by atoms with Crippen molar-refractivity contribution in [3.05, 3.63) is 63.3 Å². The summed E-state index contributed by atoms with van der Waals surface area (Å²) in [5.41, 5.74) is 3.44. The Kier molecular flexibility index (Phi) is 4.65. The van der Waals surface area contributed by atoms with Crippen LogP contribution in [0.1, 0.15) is 20.9 Å². The molecule has 0 spiro atoms. The summed E-state index contributed by atoms with van der Waals surface area (Å²) in [5, 5.41) is 7.94. The lowest BCUT2D eigenvalue weighted by atomic mass is 10.1. The summed E-state index contributed by atoms with van der Waals surface area (Å²) in [4.78, 5) is 17.3. The number of nitrogens with one attached hydrogen (secondary N) is 1. The number of carbonyl (C=O) groups excluding carboxylic acids is 1. The summed E-state index contributed by atoms with van der Waals surface area (Å²) in [6, 6.07) is 12.0. The molecule has 0 saturated carbocycles. The molecule has 2 aromatic heterocycles. The lowest BCUT2D eigenvalue weighted by Gasteiger charge is -2.02. The van der Waals surface area contributed by atoms with Crippen LogP contribution in [0.25, 0.3) is 10.6 Å². The number of carbonyl (C=O) groups is 1. The zero-order chi connectivity index (χ0) is 15.4. The highest BCUT2D eigenvalue weighted by Crippen LogP contribution is 2.26. The molecule has 0 aliphatic heterocycles. The van der Waals surface area contributed by atoms with Crippen molar-refractivity contribution in [2.75, 3.05) is 6.54 Å². The van der Waals surface area contributed by atoms with Gasteiger partial charge >= 0.3 is 0 Å². The zero-order valence-corrected chi connectivity index (χ0v) is 13.8. The van der Waals surface area contributed by atoms with Crippen LogP contribution in [0.3, 0.4) is 0 Å². The van der Waals surface area contributed by atoms with Gasteiger partial charge in [0, 0.05) is 23.9 Å². The average molecular weight is 328 g/mol. The molecule has 0 unspecified atom stereocenters. The molecule has 1 aromatic carbocycles. The molecule has 1 amide bonds. The minimum Gasteiger partial charge on any atom is -0.351 e. The van der Waals surface area contributed by atoms with Gasteiger partial charge in [0.15, 0.2) is 0 Å². The molecule has 1 N–H and O–H groups in total. The fraction of sp³-hybridized carbons (Fsp3) is 0.176. The molecular formula is C17H16N2OS2. The number of thiazole rings is 1. The van der Waals surface area contributed by atoms with Crippen LogP contribution < -0.4 is 5.32 Å². The number of hydrogen-bond donors (Lipinski definition) is 1. The summed E-state index contributed by atoms with van der Waals surface area (Å²) in [7, 11) is 0. The Labute approximate surface area is 137 Å². The van der Waals surface area contributed by atoms with E-state index in [-0.39, 0.29) is 5.91 Å². The van der Waals surface area contributed by atoms with Crippen molar-refractivity contribution in [1.82, 2.24) is 10.3 Å². The maximum atomic E-state index is 11.8. The Bertz CT molecular complexity index is 763. The summed E-state index contributed by atoms with van der Waals surface area (Å²) >= 11 is 3.11. The molecule has 0 fully saturated rings. The molecule has 112 valence electrons. The zero-order valence-electron chi connectivity index (χ0n) is 12.2. The molecule has 0 radical (unpaired) electrons. The molecule has 5 heteroatoms. The number of hydrogen-bond acceptors (Lipinski definition) is 4.